The first-order valence-electron chi connectivity index (χ1n) is 6.21. The first-order valence-corrected chi connectivity index (χ1v) is 7.09. The van der Waals surface area contributed by atoms with Gasteiger partial charge in [0.05, 0.1) is 17.7 Å². The van der Waals surface area contributed by atoms with E-state index in [1.165, 1.54) is 10.9 Å². The molecule has 0 saturated carbocycles. The van der Waals surface area contributed by atoms with Crippen molar-refractivity contribution in [2.45, 2.75) is 19.9 Å². The summed E-state index contributed by atoms with van der Waals surface area (Å²) in [5, 5.41) is 0. The van der Waals surface area contributed by atoms with Crippen LogP contribution in [-0.4, -0.2) is 18.6 Å². The van der Waals surface area contributed by atoms with Gasteiger partial charge in [0, 0.05) is 23.2 Å². The lowest BCUT2D eigenvalue weighted by Gasteiger charge is -2.22. The molecule has 0 bridgehead atoms. The van der Waals surface area contributed by atoms with Gasteiger partial charge >= 0.3 is 0 Å². The quantitative estimate of drug-likeness (QED) is 0.915. The van der Waals surface area contributed by atoms with E-state index in [-0.39, 0.29) is 5.82 Å². The normalized spacial score (nSPS) is 10.7. The van der Waals surface area contributed by atoms with Crippen molar-refractivity contribution >= 4 is 17.0 Å². The van der Waals surface area contributed by atoms with Gasteiger partial charge in [-0.15, -0.1) is 11.3 Å². The maximum Gasteiger partial charge on any atom is 0.128 e. The van der Waals surface area contributed by atoms with Crippen LogP contribution in [0, 0.1) is 12.7 Å². The number of benzene rings is 1. The number of aromatic nitrogens is 1. The van der Waals surface area contributed by atoms with Gasteiger partial charge in [-0.1, -0.05) is 6.07 Å². The Morgan fingerprint density at radius 2 is 2.21 bits per heavy atom. The summed E-state index contributed by atoms with van der Waals surface area (Å²) in [6, 6.07) is 5.16. The van der Waals surface area contributed by atoms with Crippen molar-refractivity contribution in [3.8, 4) is 0 Å². The van der Waals surface area contributed by atoms with Crippen LogP contribution in [-0.2, 0) is 13.0 Å². The van der Waals surface area contributed by atoms with Gasteiger partial charge in [0.2, 0.25) is 0 Å². The fraction of sp³-hybridized carbons (Fsp3) is 0.357. The zero-order valence-electron chi connectivity index (χ0n) is 11.2. The molecule has 2 N–H and O–H groups in total. The molecule has 1 aromatic carbocycles. The fourth-order valence-electron chi connectivity index (χ4n) is 2.08. The Balaban J connectivity index is 2.26. The molecule has 0 aliphatic heterocycles. The van der Waals surface area contributed by atoms with Crippen LogP contribution in [0.2, 0.25) is 0 Å². The van der Waals surface area contributed by atoms with Gasteiger partial charge in [0.1, 0.15) is 5.82 Å². The Morgan fingerprint density at radius 1 is 1.42 bits per heavy atom. The maximum absolute atomic E-state index is 13.9. The van der Waals surface area contributed by atoms with Gasteiger partial charge in [-0.2, -0.15) is 0 Å². The summed E-state index contributed by atoms with van der Waals surface area (Å²) in [6.45, 7) is 3.17. The number of aryl methyl sites for hydroxylation is 1. The second-order valence-corrected chi connectivity index (χ2v) is 5.43. The van der Waals surface area contributed by atoms with Gasteiger partial charge in [-0.3, -0.25) is 0 Å². The van der Waals surface area contributed by atoms with Crippen LogP contribution in [0.3, 0.4) is 0 Å². The second-order valence-electron chi connectivity index (χ2n) is 4.49. The molecule has 1 heterocycles. The molecule has 19 heavy (non-hydrogen) atoms. The number of halogens is 1. The summed E-state index contributed by atoms with van der Waals surface area (Å²) in [4.78, 5) is 7.49. The zero-order valence-corrected chi connectivity index (χ0v) is 12.0. The average Bonchev–Trinajstić information content (AvgIpc) is 2.78. The number of hydrogen-bond acceptors (Lipinski definition) is 4. The molecule has 0 radical (unpaired) electrons. The smallest absolute Gasteiger partial charge is 0.128 e. The lowest BCUT2D eigenvalue weighted by atomic mass is 10.1. The molecular weight excluding hydrogens is 261 g/mol. The molecule has 0 spiro atoms. The molecule has 0 aliphatic rings. The number of rotatable bonds is 5. The van der Waals surface area contributed by atoms with Crippen molar-refractivity contribution in [2.24, 2.45) is 5.73 Å². The predicted octanol–water partition coefficient (Wildman–Crippen LogP) is 2.73. The Labute approximate surface area is 116 Å². The third-order valence-electron chi connectivity index (χ3n) is 3.13. The standard InChI is InChI=1S/C14H18FN3S/c1-10-14(19-9-17-10)8-18(2)13-5-3-4-12(15)11(13)6-7-16/h3-5,9H,6-8,16H2,1-2H3. The highest BCUT2D eigenvalue weighted by Crippen LogP contribution is 2.25. The van der Waals surface area contributed by atoms with Crippen molar-refractivity contribution in [1.29, 1.82) is 0 Å². The molecule has 5 heteroatoms. The summed E-state index contributed by atoms with van der Waals surface area (Å²) in [5.74, 6) is -0.184. The van der Waals surface area contributed by atoms with Crippen LogP contribution in [0.15, 0.2) is 23.7 Å². The van der Waals surface area contributed by atoms with E-state index in [0.717, 1.165) is 17.9 Å². The van der Waals surface area contributed by atoms with E-state index in [4.69, 9.17) is 5.73 Å². The summed E-state index contributed by atoms with van der Waals surface area (Å²) < 4.78 is 13.9. The Morgan fingerprint density at radius 3 is 2.84 bits per heavy atom. The largest absolute Gasteiger partial charge is 0.369 e. The Bertz CT molecular complexity index is 553. The number of anilines is 1. The molecule has 2 rings (SSSR count). The van der Waals surface area contributed by atoms with E-state index in [1.807, 2.05) is 25.5 Å². The van der Waals surface area contributed by atoms with Gasteiger partial charge in [-0.05, 0) is 32.0 Å². The minimum Gasteiger partial charge on any atom is -0.369 e. The molecule has 0 amide bonds. The Hall–Kier alpha value is -1.46. The van der Waals surface area contributed by atoms with E-state index in [0.29, 0.717) is 18.5 Å². The van der Waals surface area contributed by atoms with Crippen molar-refractivity contribution < 1.29 is 4.39 Å². The Kier molecular flexibility index (Phi) is 4.50. The monoisotopic (exact) mass is 279 g/mol. The molecule has 102 valence electrons. The topological polar surface area (TPSA) is 42.2 Å². The molecule has 3 nitrogen and oxygen atoms in total. The number of nitrogens with two attached hydrogens (primary N) is 1. The molecular formula is C14H18FN3S. The zero-order chi connectivity index (χ0) is 13.8. The van der Waals surface area contributed by atoms with Crippen LogP contribution in [0.1, 0.15) is 16.1 Å². The van der Waals surface area contributed by atoms with Crippen LogP contribution >= 0.6 is 11.3 Å². The minimum atomic E-state index is -0.184. The highest BCUT2D eigenvalue weighted by Gasteiger charge is 2.13. The minimum absolute atomic E-state index is 0.184. The number of thiazole rings is 1. The lowest BCUT2D eigenvalue weighted by molar-refractivity contribution is 0.608. The van der Waals surface area contributed by atoms with Crippen molar-refractivity contribution in [1.82, 2.24) is 4.98 Å². The van der Waals surface area contributed by atoms with Gasteiger partial charge in [0.15, 0.2) is 0 Å². The summed E-state index contributed by atoms with van der Waals surface area (Å²) in [7, 11) is 1.97. The van der Waals surface area contributed by atoms with E-state index in [9.17, 15) is 4.39 Å². The summed E-state index contributed by atoms with van der Waals surface area (Å²) in [6.07, 6.45) is 0.550. The molecule has 0 atom stereocenters. The predicted molar refractivity (Wildman–Crippen MR) is 78.1 cm³/mol. The van der Waals surface area contributed by atoms with Gasteiger partial charge in [0.25, 0.3) is 0 Å². The number of hydrogen-bond donors (Lipinski definition) is 1. The molecule has 0 aliphatic carbocycles. The van der Waals surface area contributed by atoms with Crippen LogP contribution in [0.25, 0.3) is 0 Å². The van der Waals surface area contributed by atoms with Crippen molar-refractivity contribution in [2.75, 3.05) is 18.5 Å². The molecule has 2 aromatic rings. The highest BCUT2D eigenvalue weighted by molar-refractivity contribution is 7.09. The van der Waals surface area contributed by atoms with Crippen LogP contribution in [0.5, 0.6) is 0 Å². The fourth-order valence-corrected chi connectivity index (χ4v) is 2.90. The average molecular weight is 279 g/mol. The molecule has 0 saturated heterocycles. The van der Waals surface area contributed by atoms with Crippen molar-refractivity contribution in [3.63, 3.8) is 0 Å². The first-order chi connectivity index (χ1) is 9.13. The van der Waals surface area contributed by atoms with Crippen LogP contribution < -0.4 is 10.6 Å². The molecule has 0 unspecified atom stereocenters. The third-order valence-corrected chi connectivity index (χ3v) is 4.05. The third kappa shape index (κ3) is 3.11. The van der Waals surface area contributed by atoms with Gasteiger partial charge < -0.3 is 10.6 Å². The van der Waals surface area contributed by atoms with E-state index >= 15 is 0 Å². The SMILES string of the molecule is Cc1ncsc1CN(C)c1cccc(F)c1CCN. The van der Waals surface area contributed by atoms with Crippen LogP contribution in [0.4, 0.5) is 10.1 Å². The van der Waals surface area contributed by atoms with E-state index in [1.54, 1.807) is 17.4 Å². The molecule has 0 fully saturated rings. The molecule has 1 aromatic heterocycles. The maximum atomic E-state index is 13.9. The first kappa shape index (κ1) is 14.0. The summed E-state index contributed by atoms with van der Waals surface area (Å²) in [5.41, 5.74) is 10.0. The number of nitrogens with zero attached hydrogens (tertiary/aromatic N) is 2. The second kappa shape index (κ2) is 6.12. The van der Waals surface area contributed by atoms with Crippen molar-refractivity contribution in [3.05, 3.63) is 45.7 Å². The van der Waals surface area contributed by atoms with E-state index < -0.39 is 0 Å². The highest BCUT2D eigenvalue weighted by atomic mass is 32.1. The van der Waals surface area contributed by atoms with Gasteiger partial charge in [-0.25, -0.2) is 9.37 Å². The lowest BCUT2D eigenvalue weighted by Crippen LogP contribution is -2.19. The van der Waals surface area contributed by atoms with E-state index in [2.05, 4.69) is 9.88 Å². The summed E-state index contributed by atoms with van der Waals surface area (Å²) >= 11 is 1.62.